The molecule has 2 aromatic rings. The molecule has 4 nitrogen and oxygen atoms in total. The number of hydrogen-bond donors (Lipinski definition) is 1. The van der Waals surface area contributed by atoms with Crippen molar-refractivity contribution in [3.8, 4) is 11.5 Å². The molecular formula is C14H13BrN2O2S. The molecule has 1 aromatic heterocycles. The fraction of sp³-hybridized carbons (Fsp3) is 0.143. The molecule has 6 heteroatoms. The summed E-state index contributed by atoms with van der Waals surface area (Å²) >= 11 is 8.31. The minimum Gasteiger partial charge on any atom is -0.497 e. The third-order valence-corrected chi connectivity index (χ3v) is 3.28. The Hall–Kier alpha value is -1.66. The molecule has 0 fully saturated rings. The molecule has 0 spiro atoms. The van der Waals surface area contributed by atoms with Gasteiger partial charge >= 0.3 is 0 Å². The van der Waals surface area contributed by atoms with Gasteiger partial charge in [0, 0.05) is 22.3 Å². The number of hydrogen-bond acceptors (Lipinski definition) is 4. The first-order valence-corrected chi connectivity index (χ1v) is 7.00. The van der Waals surface area contributed by atoms with Crippen molar-refractivity contribution < 1.29 is 9.47 Å². The number of rotatable bonds is 5. The number of ether oxygens (including phenoxy) is 2. The van der Waals surface area contributed by atoms with Gasteiger partial charge in [0.2, 0.25) is 0 Å². The number of thiocarbonyl (C=S) groups is 1. The Morgan fingerprint density at radius 3 is 2.65 bits per heavy atom. The van der Waals surface area contributed by atoms with E-state index in [0.717, 1.165) is 10.2 Å². The fourth-order valence-corrected chi connectivity index (χ4v) is 1.92. The predicted molar refractivity (Wildman–Crippen MR) is 85.2 cm³/mol. The molecule has 0 bridgehead atoms. The number of halogens is 1. The first-order chi connectivity index (χ1) is 9.58. The third-order valence-electron chi connectivity index (χ3n) is 2.58. The van der Waals surface area contributed by atoms with Gasteiger partial charge in [-0.2, -0.15) is 0 Å². The van der Waals surface area contributed by atoms with Crippen molar-refractivity contribution in [2.45, 2.75) is 6.61 Å². The smallest absolute Gasteiger partial charge is 0.130 e. The molecule has 0 aliphatic heterocycles. The van der Waals surface area contributed by atoms with E-state index in [1.165, 1.54) is 0 Å². The maximum Gasteiger partial charge on any atom is 0.130 e. The molecule has 0 saturated carbocycles. The van der Waals surface area contributed by atoms with E-state index in [1.807, 2.05) is 12.1 Å². The average molecular weight is 353 g/mol. The van der Waals surface area contributed by atoms with Crippen LogP contribution in [-0.2, 0) is 6.61 Å². The Balaban J connectivity index is 2.14. The zero-order valence-corrected chi connectivity index (χ0v) is 13.2. The van der Waals surface area contributed by atoms with Gasteiger partial charge in [-0.05, 0) is 40.2 Å². The molecule has 0 aliphatic rings. The number of nitrogens with two attached hydrogens (primary N) is 1. The van der Waals surface area contributed by atoms with E-state index in [0.29, 0.717) is 28.7 Å². The van der Waals surface area contributed by atoms with Gasteiger partial charge in [0.15, 0.2) is 0 Å². The SMILES string of the molecule is COc1cc(OCc2ccc(Br)cn2)cc(C(N)=S)c1. The van der Waals surface area contributed by atoms with Crippen LogP contribution in [0.25, 0.3) is 0 Å². The van der Waals surface area contributed by atoms with Crippen LogP contribution in [0.5, 0.6) is 11.5 Å². The van der Waals surface area contributed by atoms with Gasteiger partial charge in [-0.15, -0.1) is 0 Å². The van der Waals surface area contributed by atoms with Crippen molar-refractivity contribution in [3.05, 3.63) is 52.3 Å². The second-order valence-corrected chi connectivity index (χ2v) is 5.37. The molecule has 0 amide bonds. The van der Waals surface area contributed by atoms with Crippen molar-refractivity contribution in [2.75, 3.05) is 7.11 Å². The molecule has 0 saturated heterocycles. The molecule has 0 atom stereocenters. The molecule has 1 heterocycles. The number of aromatic nitrogens is 1. The van der Waals surface area contributed by atoms with E-state index < -0.39 is 0 Å². The average Bonchev–Trinajstić information content (AvgIpc) is 2.46. The van der Waals surface area contributed by atoms with Gasteiger partial charge in [0.1, 0.15) is 23.1 Å². The minimum absolute atomic E-state index is 0.301. The van der Waals surface area contributed by atoms with E-state index in [1.54, 1.807) is 31.5 Å². The first-order valence-electron chi connectivity index (χ1n) is 5.80. The lowest BCUT2D eigenvalue weighted by molar-refractivity contribution is 0.299. The Labute approximate surface area is 131 Å². The summed E-state index contributed by atoms with van der Waals surface area (Å²) in [6, 6.07) is 9.13. The van der Waals surface area contributed by atoms with Gasteiger partial charge in [-0.1, -0.05) is 12.2 Å². The lowest BCUT2D eigenvalue weighted by Crippen LogP contribution is -2.10. The quantitative estimate of drug-likeness (QED) is 0.838. The van der Waals surface area contributed by atoms with Crippen LogP contribution in [0.3, 0.4) is 0 Å². The van der Waals surface area contributed by atoms with E-state index in [2.05, 4.69) is 20.9 Å². The van der Waals surface area contributed by atoms with Crippen LogP contribution >= 0.6 is 28.1 Å². The lowest BCUT2D eigenvalue weighted by Gasteiger charge is -2.10. The summed E-state index contributed by atoms with van der Waals surface area (Å²) in [5.41, 5.74) is 7.17. The van der Waals surface area contributed by atoms with Crippen LogP contribution < -0.4 is 15.2 Å². The lowest BCUT2D eigenvalue weighted by atomic mass is 10.2. The number of methoxy groups -OCH3 is 1. The predicted octanol–water partition coefficient (Wildman–Crippen LogP) is 3.07. The number of pyridine rings is 1. The Bertz CT molecular complexity index is 617. The number of nitrogens with zero attached hydrogens (tertiary/aromatic N) is 1. The monoisotopic (exact) mass is 352 g/mol. The third kappa shape index (κ3) is 3.91. The van der Waals surface area contributed by atoms with Crippen LogP contribution in [0.1, 0.15) is 11.3 Å². The summed E-state index contributed by atoms with van der Waals surface area (Å²) in [6.45, 7) is 0.358. The fourth-order valence-electron chi connectivity index (χ4n) is 1.56. The summed E-state index contributed by atoms with van der Waals surface area (Å²) in [4.78, 5) is 4.54. The molecule has 0 unspecified atom stereocenters. The Morgan fingerprint density at radius 1 is 1.30 bits per heavy atom. The summed E-state index contributed by atoms with van der Waals surface area (Å²) in [7, 11) is 1.58. The van der Waals surface area contributed by atoms with E-state index in [4.69, 9.17) is 27.4 Å². The first kappa shape index (κ1) is 14.7. The molecule has 104 valence electrons. The van der Waals surface area contributed by atoms with E-state index in [-0.39, 0.29) is 0 Å². The highest BCUT2D eigenvalue weighted by Crippen LogP contribution is 2.23. The van der Waals surface area contributed by atoms with Crippen LogP contribution in [0.4, 0.5) is 0 Å². The second-order valence-electron chi connectivity index (χ2n) is 4.02. The Morgan fingerprint density at radius 2 is 2.05 bits per heavy atom. The van der Waals surface area contributed by atoms with Gasteiger partial charge in [0.05, 0.1) is 12.8 Å². The van der Waals surface area contributed by atoms with Crippen molar-refractivity contribution in [1.82, 2.24) is 4.98 Å². The second kappa shape index (κ2) is 6.67. The van der Waals surface area contributed by atoms with Crippen LogP contribution in [-0.4, -0.2) is 17.1 Å². The summed E-state index contributed by atoms with van der Waals surface area (Å²) in [6.07, 6.45) is 1.73. The summed E-state index contributed by atoms with van der Waals surface area (Å²) in [5.74, 6) is 1.28. The molecule has 0 aliphatic carbocycles. The van der Waals surface area contributed by atoms with Gasteiger partial charge in [0.25, 0.3) is 0 Å². The van der Waals surface area contributed by atoms with Crippen molar-refractivity contribution >= 4 is 33.1 Å². The van der Waals surface area contributed by atoms with Crippen molar-refractivity contribution in [2.24, 2.45) is 5.73 Å². The van der Waals surface area contributed by atoms with Gasteiger partial charge in [-0.25, -0.2) is 0 Å². The Kier molecular flexibility index (Phi) is 4.92. The molecule has 20 heavy (non-hydrogen) atoms. The van der Waals surface area contributed by atoms with Gasteiger partial charge in [-0.3, -0.25) is 4.98 Å². The van der Waals surface area contributed by atoms with Crippen LogP contribution in [0, 0.1) is 0 Å². The number of benzene rings is 1. The maximum atomic E-state index is 5.69. The van der Waals surface area contributed by atoms with E-state index >= 15 is 0 Å². The molecular weight excluding hydrogens is 340 g/mol. The highest BCUT2D eigenvalue weighted by molar-refractivity contribution is 9.10. The molecule has 0 radical (unpaired) electrons. The maximum absolute atomic E-state index is 5.69. The van der Waals surface area contributed by atoms with Crippen molar-refractivity contribution in [1.29, 1.82) is 0 Å². The zero-order valence-electron chi connectivity index (χ0n) is 10.8. The standard InChI is InChI=1S/C14H13BrN2O2S/c1-18-12-4-9(14(16)20)5-13(6-12)19-8-11-3-2-10(15)7-17-11/h2-7H,8H2,1H3,(H2,16,20). The molecule has 2 N–H and O–H groups in total. The normalized spacial score (nSPS) is 10.1. The highest BCUT2D eigenvalue weighted by atomic mass is 79.9. The summed E-state index contributed by atoms with van der Waals surface area (Å²) < 4.78 is 11.8. The van der Waals surface area contributed by atoms with E-state index in [9.17, 15) is 0 Å². The zero-order chi connectivity index (χ0) is 14.5. The largest absolute Gasteiger partial charge is 0.497 e. The molecule has 2 rings (SSSR count). The van der Waals surface area contributed by atoms with Crippen molar-refractivity contribution in [3.63, 3.8) is 0 Å². The highest BCUT2D eigenvalue weighted by Gasteiger charge is 2.05. The van der Waals surface area contributed by atoms with Gasteiger partial charge < -0.3 is 15.2 Å². The van der Waals surface area contributed by atoms with Crippen LogP contribution in [0.15, 0.2) is 41.0 Å². The summed E-state index contributed by atoms with van der Waals surface area (Å²) in [5, 5.41) is 0. The van der Waals surface area contributed by atoms with Crippen LogP contribution in [0.2, 0.25) is 0 Å². The minimum atomic E-state index is 0.301. The topological polar surface area (TPSA) is 57.4 Å². The molecule has 1 aromatic carbocycles.